The van der Waals surface area contributed by atoms with Crippen molar-refractivity contribution >= 4 is 5.91 Å². The second kappa shape index (κ2) is 7.26. The highest BCUT2D eigenvalue weighted by Gasteiger charge is 2.21. The first kappa shape index (κ1) is 14.0. The molecule has 0 aromatic heterocycles. The minimum atomic E-state index is -0.0194. The molecule has 1 atom stereocenters. The molecule has 0 bridgehead atoms. The summed E-state index contributed by atoms with van der Waals surface area (Å²) in [6.45, 7) is 3.13. The van der Waals surface area contributed by atoms with E-state index >= 15 is 0 Å². The number of carbonyl (C=O) groups excluding carboxylic acids is 1. The lowest BCUT2D eigenvalue weighted by Crippen LogP contribution is -2.48. The molecule has 1 aromatic rings. The number of hydrogen-bond donors (Lipinski definition) is 1. The van der Waals surface area contributed by atoms with E-state index in [9.17, 15) is 4.79 Å². The third-order valence-electron chi connectivity index (χ3n) is 3.40. The van der Waals surface area contributed by atoms with E-state index in [1.807, 2.05) is 6.07 Å². The molecule has 0 unspecified atom stereocenters. The van der Waals surface area contributed by atoms with E-state index in [0.29, 0.717) is 0 Å². The molecule has 0 radical (unpaired) electrons. The van der Waals surface area contributed by atoms with Gasteiger partial charge in [0.15, 0.2) is 0 Å². The molecular formula is C15H22N2O2. The largest absolute Gasteiger partial charge is 0.375 e. The van der Waals surface area contributed by atoms with Crippen LogP contribution in [0, 0.1) is 0 Å². The normalized spacial score (nSPS) is 20.2. The molecule has 0 aliphatic carbocycles. The average Bonchev–Trinajstić information content (AvgIpc) is 2.40. The van der Waals surface area contributed by atoms with Gasteiger partial charge in [0, 0.05) is 26.2 Å². The summed E-state index contributed by atoms with van der Waals surface area (Å²) in [6.07, 6.45) is 2.19. The SMILES string of the molecule is COCC(=O)N[C@@H]1CCCN(Cc2ccccc2)C1. The Morgan fingerprint density at radius 3 is 2.95 bits per heavy atom. The van der Waals surface area contributed by atoms with Crippen LogP contribution in [-0.2, 0) is 16.1 Å². The highest BCUT2D eigenvalue weighted by atomic mass is 16.5. The Hall–Kier alpha value is -1.39. The molecule has 4 nitrogen and oxygen atoms in total. The fourth-order valence-electron chi connectivity index (χ4n) is 2.56. The van der Waals surface area contributed by atoms with Gasteiger partial charge >= 0.3 is 0 Å². The smallest absolute Gasteiger partial charge is 0.246 e. The van der Waals surface area contributed by atoms with E-state index in [2.05, 4.69) is 34.5 Å². The van der Waals surface area contributed by atoms with Crippen LogP contribution in [0.3, 0.4) is 0 Å². The lowest BCUT2D eigenvalue weighted by atomic mass is 10.0. The molecule has 1 N–H and O–H groups in total. The van der Waals surface area contributed by atoms with Crippen molar-refractivity contribution < 1.29 is 9.53 Å². The van der Waals surface area contributed by atoms with Gasteiger partial charge in [-0.15, -0.1) is 0 Å². The zero-order valence-electron chi connectivity index (χ0n) is 11.5. The minimum Gasteiger partial charge on any atom is -0.375 e. The van der Waals surface area contributed by atoms with Gasteiger partial charge in [0.05, 0.1) is 0 Å². The van der Waals surface area contributed by atoms with Gasteiger partial charge in [0.1, 0.15) is 6.61 Å². The lowest BCUT2D eigenvalue weighted by Gasteiger charge is -2.33. The topological polar surface area (TPSA) is 41.6 Å². The van der Waals surface area contributed by atoms with Crippen LogP contribution < -0.4 is 5.32 Å². The van der Waals surface area contributed by atoms with Crippen molar-refractivity contribution in [1.29, 1.82) is 0 Å². The van der Waals surface area contributed by atoms with Gasteiger partial charge in [0.25, 0.3) is 0 Å². The number of likely N-dealkylation sites (tertiary alicyclic amines) is 1. The number of methoxy groups -OCH3 is 1. The summed E-state index contributed by atoms with van der Waals surface area (Å²) < 4.78 is 4.84. The molecule has 1 heterocycles. The number of carbonyl (C=O) groups is 1. The number of hydrogen-bond acceptors (Lipinski definition) is 3. The van der Waals surface area contributed by atoms with Crippen LogP contribution in [0.2, 0.25) is 0 Å². The molecule has 1 aromatic carbocycles. The van der Waals surface area contributed by atoms with Crippen LogP contribution >= 0.6 is 0 Å². The van der Waals surface area contributed by atoms with Crippen LogP contribution in [0.5, 0.6) is 0 Å². The van der Waals surface area contributed by atoms with Crippen LogP contribution in [0.15, 0.2) is 30.3 Å². The Kier molecular flexibility index (Phi) is 5.36. The maximum absolute atomic E-state index is 11.5. The molecule has 0 saturated carbocycles. The average molecular weight is 262 g/mol. The number of ether oxygens (including phenoxy) is 1. The van der Waals surface area contributed by atoms with Crippen molar-refractivity contribution in [2.24, 2.45) is 0 Å². The van der Waals surface area contributed by atoms with Crippen LogP contribution in [0.4, 0.5) is 0 Å². The van der Waals surface area contributed by atoms with Crippen molar-refractivity contribution in [3.63, 3.8) is 0 Å². The molecular weight excluding hydrogens is 240 g/mol. The predicted molar refractivity (Wildman–Crippen MR) is 74.8 cm³/mol. The van der Waals surface area contributed by atoms with Gasteiger partial charge in [-0.25, -0.2) is 0 Å². The van der Waals surface area contributed by atoms with E-state index in [0.717, 1.165) is 32.5 Å². The molecule has 1 saturated heterocycles. The van der Waals surface area contributed by atoms with Crippen molar-refractivity contribution in [3.05, 3.63) is 35.9 Å². The van der Waals surface area contributed by atoms with E-state index in [1.54, 1.807) is 7.11 Å². The minimum absolute atomic E-state index is 0.0194. The van der Waals surface area contributed by atoms with E-state index in [4.69, 9.17) is 4.74 Å². The Balaban J connectivity index is 1.82. The number of amides is 1. The maximum atomic E-state index is 11.5. The van der Waals surface area contributed by atoms with Crippen LogP contribution in [-0.4, -0.2) is 43.7 Å². The van der Waals surface area contributed by atoms with Gasteiger partial charge in [-0.1, -0.05) is 30.3 Å². The zero-order valence-corrected chi connectivity index (χ0v) is 11.5. The third-order valence-corrected chi connectivity index (χ3v) is 3.40. The monoisotopic (exact) mass is 262 g/mol. The van der Waals surface area contributed by atoms with Gasteiger partial charge in [0.2, 0.25) is 5.91 Å². The summed E-state index contributed by atoms with van der Waals surface area (Å²) in [5, 5.41) is 3.03. The fourth-order valence-corrected chi connectivity index (χ4v) is 2.56. The molecule has 1 aliphatic rings. The van der Waals surface area contributed by atoms with Gasteiger partial charge in [-0.2, -0.15) is 0 Å². The fraction of sp³-hybridized carbons (Fsp3) is 0.533. The number of benzene rings is 1. The first-order valence-electron chi connectivity index (χ1n) is 6.82. The van der Waals surface area contributed by atoms with Gasteiger partial charge < -0.3 is 10.1 Å². The Morgan fingerprint density at radius 1 is 1.42 bits per heavy atom. The molecule has 1 fully saturated rings. The molecule has 4 heteroatoms. The second-order valence-corrected chi connectivity index (χ2v) is 5.06. The number of rotatable bonds is 5. The van der Waals surface area contributed by atoms with Crippen molar-refractivity contribution in [1.82, 2.24) is 10.2 Å². The van der Waals surface area contributed by atoms with Crippen LogP contribution in [0.25, 0.3) is 0 Å². The summed E-state index contributed by atoms with van der Waals surface area (Å²) in [6, 6.07) is 10.7. The second-order valence-electron chi connectivity index (χ2n) is 5.06. The summed E-state index contributed by atoms with van der Waals surface area (Å²) in [4.78, 5) is 13.9. The van der Waals surface area contributed by atoms with E-state index in [-0.39, 0.29) is 18.6 Å². The van der Waals surface area contributed by atoms with Crippen molar-refractivity contribution in [2.75, 3.05) is 26.8 Å². The quantitative estimate of drug-likeness (QED) is 0.872. The molecule has 1 aliphatic heterocycles. The van der Waals surface area contributed by atoms with E-state index in [1.165, 1.54) is 5.56 Å². The predicted octanol–water partition coefficient (Wildman–Crippen LogP) is 1.41. The Bertz CT molecular complexity index is 394. The summed E-state index contributed by atoms with van der Waals surface area (Å²) in [7, 11) is 1.54. The van der Waals surface area contributed by atoms with Gasteiger partial charge in [-0.3, -0.25) is 9.69 Å². The lowest BCUT2D eigenvalue weighted by molar-refractivity contribution is -0.125. The molecule has 104 valence electrons. The van der Waals surface area contributed by atoms with Crippen LogP contribution in [0.1, 0.15) is 18.4 Å². The van der Waals surface area contributed by atoms with Gasteiger partial charge in [-0.05, 0) is 24.9 Å². The first-order chi connectivity index (χ1) is 9.28. The number of nitrogens with one attached hydrogen (secondary N) is 1. The molecule has 19 heavy (non-hydrogen) atoms. The first-order valence-corrected chi connectivity index (χ1v) is 6.82. The summed E-state index contributed by atoms with van der Waals surface area (Å²) in [5.74, 6) is -0.0194. The maximum Gasteiger partial charge on any atom is 0.246 e. The summed E-state index contributed by atoms with van der Waals surface area (Å²) >= 11 is 0. The molecule has 1 amide bonds. The number of piperidine rings is 1. The number of nitrogens with zero attached hydrogens (tertiary/aromatic N) is 1. The highest BCUT2D eigenvalue weighted by Crippen LogP contribution is 2.13. The third kappa shape index (κ3) is 4.65. The van der Waals surface area contributed by atoms with E-state index < -0.39 is 0 Å². The highest BCUT2D eigenvalue weighted by molar-refractivity contribution is 5.77. The molecule has 2 rings (SSSR count). The Labute approximate surface area is 114 Å². The van der Waals surface area contributed by atoms with Crippen molar-refractivity contribution in [2.45, 2.75) is 25.4 Å². The standard InChI is InChI=1S/C15H22N2O2/c1-19-12-15(18)16-14-8-5-9-17(11-14)10-13-6-3-2-4-7-13/h2-4,6-7,14H,5,8-12H2,1H3,(H,16,18)/t14-/m1/s1. The molecule has 0 spiro atoms. The Morgan fingerprint density at radius 2 is 2.21 bits per heavy atom. The summed E-state index contributed by atoms with van der Waals surface area (Å²) in [5.41, 5.74) is 1.33. The van der Waals surface area contributed by atoms with Crippen molar-refractivity contribution in [3.8, 4) is 0 Å². The zero-order chi connectivity index (χ0) is 13.5.